The molecule has 0 radical (unpaired) electrons. The first-order valence-electron chi connectivity index (χ1n) is 11.0. The summed E-state index contributed by atoms with van der Waals surface area (Å²) in [6.07, 6.45) is 0.0678. The first-order chi connectivity index (χ1) is 16.6. The Balaban J connectivity index is 1.13. The summed E-state index contributed by atoms with van der Waals surface area (Å²) >= 11 is 1.59. The van der Waals surface area contributed by atoms with E-state index in [-0.39, 0.29) is 12.3 Å². The zero-order valence-corrected chi connectivity index (χ0v) is 19.2. The first kappa shape index (κ1) is 22.0. The molecule has 1 aliphatic heterocycles. The number of rotatable bonds is 9. The van der Waals surface area contributed by atoms with Crippen LogP contribution in [0.4, 0.5) is 0 Å². The molecule has 1 N–H and O–H groups in total. The molecule has 6 nitrogen and oxygen atoms in total. The van der Waals surface area contributed by atoms with E-state index in [0.29, 0.717) is 31.3 Å². The molecule has 34 heavy (non-hydrogen) atoms. The highest BCUT2D eigenvalue weighted by Gasteiger charge is 2.26. The molecule has 7 heteroatoms. The van der Waals surface area contributed by atoms with Crippen molar-refractivity contribution in [2.75, 3.05) is 6.61 Å². The van der Waals surface area contributed by atoms with Crippen molar-refractivity contribution in [1.82, 2.24) is 4.98 Å². The second kappa shape index (κ2) is 9.97. The second-order valence-electron chi connectivity index (χ2n) is 8.02. The van der Waals surface area contributed by atoms with Crippen LogP contribution in [0.3, 0.4) is 0 Å². The number of ether oxygens (including phenoxy) is 3. The van der Waals surface area contributed by atoms with Crippen molar-refractivity contribution in [3.63, 3.8) is 0 Å². The van der Waals surface area contributed by atoms with Crippen molar-refractivity contribution in [1.29, 1.82) is 0 Å². The normalized spacial score (nSPS) is 14.3. The summed E-state index contributed by atoms with van der Waals surface area (Å²) in [6.45, 7) is 1.22. The Morgan fingerprint density at radius 1 is 1.00 bits per heavy atom. The lowest BCUT2D eigenvalue weighted by molar-refractivity contribution is -0.137. The molecule has 0 amide bonds. The molecular formula is C27H23NO5S. The third-order valence-corrected chi connectivity index (χ3v) is 6.42. The summed E-state index contributed by atoms with van der Waals surface area (Å²) in [5.74, 6) is 1.23. The van der Waals surface area contributed by atoms with Crippen LogP contribution in [0.5, 0.6) is 17.2 Å². The summed E-state index contributed by atoms with van der Waals surface area (Å²) < 4.78 is 17.4. The van der Waals surface area contributed by atoms with Gasteiger partial charge in [-0.25, -0.2) is 4.98 Å². The van der Waals surface area contributed by atoms with Crippen LogP contribution in [0.2, 0.25) is 0 Å². The van der Waals surface area contributed by atoms with E-state index in [9.17, 15) is 4.79 Å². The Labute approximate surface area is 201 Å². The minimum atomic E-state index is -0.821. The topological polar surface area (TPSA) is 77.9 Å². The summed E-state index contributed by atoms with van der Waals surface area (Å²) in [5, 5.41) is 12.0. The van der Waals surface area contributed by atoms with Gasteiger partial charge in [0.15, 0.2) is 0 Å². The first-order valence-corrected chi connectivity index (χ1v) is 11.8. The van der Waals surface area contributed by atoms with Gasteiger partial charge in [-0.1, -0.05) is 48.5 Å². The predicted octanol–water partition coefficient (Wildman–Crippen LogP) is 5.92. The molecule has 0 spiro atoms. The van der Waals surface area contributed by atoms with Crippen molar-refractivity contribution in [3.05, 3.63) is 94.3 Å². The van der Waals surface area contributed by atoms with Gasteiger partial charge in [0.2, 0.25) is 0 Å². The fourth-order valence-electron chi connectivity index (χ4n) is 3.84. The zero-order chi connectivity index (χ0) is 23.3. The number of thiazole rings is 1. The largest absolute Gasteiger partial charge is 0.492 e. The minimum Gasteiger partial charge on any atom is -0.492 e. The number of fused-ring (bicyclic) bond motifs is 1. The zero-order valence-electron chi connectivity index (χ0n) is 18.3. The number of carboxylic acids is 1. The van der Waals surface area contributed by atoms with Crippen LogP contribution in [0.1, 0.15) is 28.5 Å². The van der Waals surface area contributed by atoms with Crippen LogP contribution >= 0.6 is 11.3 Å². The van der Waals surface area contributed by atoms with Gasteiger partial charge in [-0.05, 0) is 23.8 Å². The lowest BCUT2D eigenvalue weighted by atomic mass is 9.98. The molecule has 1 unspecified atom stereocenters. The van der Waals surface area contributed by atoms with Gasteiger partial charge in [-0.3, -0.25) is 4.79 Å². The number of carboxylic acid groups (broad SMARTS) is 1. The number of aromatic nitrogens is 1. The van der Waals surface area contributed by atoms with Crippen molar-refractivity contribution < 1.29 is 24.1 Å². The maximum atomic E-state index is 11.0. The maximum Gasteiger partial charge on any atom is 0.304 e. The van der Waals surface area contributed by atoms with E-state index in [4.69, 9.17) is 19.3 Å². The van der Waals surface area contributed by atoms with Crippen molar-refractivity contribution in [3.8, 4) is 28.5 Å². The molecule has 0 aliphatic carbocycles. The molecule has 2 heterocycles. The predicted molar refractivity (Wildman–Crippen MR) is 130 cm³/mol. The third-order valence-electron chi connectivity index (χ3n) is 5.60. The molecule has 0 saturated carbocycles. The molecule has 5 rings (SSSR count). The average Bonchev–Trinajstić information content (AvgIpc) is 3.49. The highest BCUT2D eigenvalue weighted by atomic mass is 32.1. The van der Waals surface area contributed by atoms with Gasteiger partial charge >= 0.3 is 5.97 Å². The minimum absolute atomic E-state index is 0.0678. The fraction of sp³-hybridized carbons (Fsp3) is 0.185. The molecule has 4 aromatic rings. The van der Waals surface area contributed by atoms with Gasteiger partial charge in [0.05, 0.1) is 18.7 Å². The summed E-state index contributed by atoms with van der Waals surface area (Å²) in [4.78, 5) is 15.6. The van der Waals surface area contributed by atoms with Crippen LogP contribution in [0.15, 0.2) is 78.2 Å². The summed E-state index contributed by atoms with van der Waals surface area (Å²) in [7, 11) is 0. The summed E-state index contributed by atoms with van der Waals surface area (Å²) in [5.41, 5.74) is 4.00. The average molecular weight is 474 g/mol. The van der Waals surface area contributed by atoms with E-state index in [2.05, 4.69) is 4.98 Å². The van der Waals surface area contributed by atoms with E-state index < -0.39 is 5.97 Å². The number of benzene rings is 3. The van der Waals surface area contributed by atoms with E-state index in [0.717, 1.165) is 33.1 Å². The van der Waals surface area contributed by atoms with Crippen LogP contribution in [0.25, 0.3) is 11.3 Å². The second-order valence-corrected chi connectivity index (χ2v) is 8.96. The van der Waals surface area contributed by atoms with Crippen LogP contribution in [0, 0.1) is 0 Å². The Morgan fingerprint density at radius 3 is 2.56 bits per heavy atom. The van der Waals surface area contributed by atoms with Gasteiger partial charge in [0, 0.05) is 28.5 Å². The van der Waals surface area contributed by atoms with E-state index in [1.807, 2.05) is 78.2 Å². The smallest absolute Gasteiger partial charge is 0.304 e. The van der Waals surface area contributed by atoms with Gasteiger partial charge in [-0.15, -0.1) is 11.3 Å². The maximum absolute atomic E-state index is 11.0. The molecule has 3 aromatic carbocycles. The number of aliphatic carboxylic acids is 1. The van der Waals surface area contributed by atoms with Gasteiger partial charge in [-0.2, -0.15) is 0 Å². The van der Waals surface area contributed by atoms with E-state index in [1.165, 1.54) is 0 Å². The van der Waals surface area contributed by atoms with Gasteiger partial charge in [0.25, 0.3) is 0 Å². The Hall–Kier alpha value is -3.84. The number of nitrogens with zero attached hydrogens (tertiary/aromatic N) is 1. The molecule has 0 bridgehead atoms. The lowest BCUT2D eigenvalue weighted by Gasteiger charge is -2.10. The van der Waals surface area contributed by atoms with Gasteiger partial charge < -0.3 is 19.3 Å². The third kappa shape index (κ3) is 5.21. The Bertz CT molecular complexity index is 1270. The quantitative estimate of drug-likeness (QED) is 0.325. The number of hydrogen-bond donors (Lipinski definition) is 1. The lowest BCUT2D eigenvalue weighted by Crippen LogP contribution is -2.07. The van der Waals surface area contributed by atoms with Crippen LogP contribution < -0.4 is 14.2 Å². The monoisotopic (exact) mass is 473 g/mol. The summed E-state index contributed by atoms with van der Waals surface area (Å²) in [6, 6.07) is 23.5. The molecule has 1 atom stereocenters. The SMILES string of the molecule is O=C(O)CC1COc2cc(OCc3ccc(OCc4nc(-c5ccccc5)cs4)cc3)ccc21. The van der Waals surface area contributed by atoms with Crippen molar-refractivity contribution in [2.24, 2.45) is 0 Å². The van der Waals surface area contributed by atoms with Crippen molar-refractivity contribution >= 4 is 17.3 Å². The number of carbonyl (C=O) groups is 1. The Kier molecular flexibility index (Phi) is 6.44. The molecule has 0 fully saturated rings. The van der Waals surface area contributed by atoms with Crippen LogP contribution in [-0.4, -0.2) is 22.7 Å². The van der Waals surface area contributed by atoms with E-state index >= 15 is 0 Å². The molecule has 0 saturated heterocycles. The fourth-order valence-corrected chi connectivity index (χ4v) is 4.55. The molecule has 1 aromatic heterocycles. The molecule has 1 aliphatic rings. The van der Waals surface area contributed by atoms with Crippen molar-refractivity contribution in [2.45, 2.75) is 25.6 Å². The van der Waals surface area contributed by atoms with Crippen LogP contribution in [-0.2, 0) is 18.0 Å². The molecule has 172 valence electrons. The molecular weight excluding hydrogens is 450 g/mol. The van der Waals surface area contributed by atoms with E-state index in [1.54, 1.807) is 11.3 Å². The highest BCUT2D eigenvalue weighted by molar-refractivity contribution is 7.09. The standard InChI is InChI=1S/C27H23NO5S/c29-27(30)12-20-15-33-25-13-22(10-11-23(20)25)31-14-18-6-8-21(9-7-18)32-16-26-28-24(17-34-26)19-4-2-1-3-5-19/h1-11,13,17,20H,12,14-16H2,(H,29,30). The van der Waals surface area contributed by atoms with Gasteiger partial charge in [0.1, 0.15) is 35.5 Å². The highest BCUT2D eigenvalue weighted by Crippen LogP contribution is 2.38. The Morgan fingerprint density at radius 2 is 1.76 bits per heavy atom. The number of hydrogen-bond acceptors (Lipinski definition) is 6.